The first-order valence-corrected chi connectivity index (χ1v) is 12.6. The number of hydrazone groups is 1. The van der Waals surface area contributed by atoms with Crippen molar-refractivity contribution in [3.8, 4) is 5.69 Å². The molecule has 0 aliphatic carbocycles. The van der Waals surface area contributed by atoms with Crippen LogP contribution in [0.2, 0.25) is 0 Å². The molecule has 0 spiro atoms. The molecule has 0 N–H and O–H groups in total. The largest absolute Gasteiger partial charge is 0.459 e. The molecule has 1 aliphatic rings. The van der Waals surface area contributed by atoms with Gasteiger partial charge in [0, 0.05) is 27.9 Å². The van der Waals surface area contributed by atoms with Gasteiger partial charge in [-0.2, -0.15) is 5.10 Å². The van der Waals surface area contributed by atoms with Crippen LogP contribution < -0.4 is 15.6 Å². The van der Waals surface area contributed by atoms with Crippen LogP contribution in [0.3, 0.4) is 0 Å². The Labute approximate surface area is 181 Å². The Morgan fingerprint density at radius 3 is 2.03 bits per heavy atom. The number of aromatic nitrogens is 1. The predicted molar refractivity (Wildman–Crippen MR) is 129 cm³/mol. The first-order valence-electron chi connectivity index (χ1n) is 9.86. The molecule has 4 nitrogen and oxygen atoms in total. The maximum Gasteiger partial charge on any atom is 0.161 e. The zero-order valence-corrected chi connectivity index (χ0v) is 18.8. The normalized spacial score (nSPS) is 17.9. The molecular weight excluding hydrogens is 409 g/mol. The molecule has 0 saturated carbocycles. The number of fused-ring (bicyclic) bond motifs is 1. The molecule has 5 rings (SSSR count). The van der Waals surface area contributed by atoms with E-state index in [-0.39, 0.29) is 0 Å². The Balaban J connectivity index is 1.82. The van der Waals surface area contributed by atoms with Crippen LogP contribution in [-0.4, -0.2) is 10.8 Å². The van der Waals surface area contributed by atoms with Gasteiger partial charge in [-0.05, 0) is 57.2 Å². The summed E-state index contributed by atoms with van der Waals surface area (Å²) in [5.41, 5.74) is 6.28. The Kier molecular flexibility index (Phi) is 4.53. The van der Waals surface area contributed by atoms with E-state index in [9.17, 15) is 0 Å². The highest BCUT2D eigenvalue weighted by Crippen LogP contribution is 2.54. The second-order valence-corrected chi connectivity index (χ2v) is 11.4. The quantitative estimate of drug-likeness (QED) is 0.419. The summed E-state index contributed by atoms with van der Waals surface area (Å²) in [6.07, 6.45) is -0.601. The van der Waals surface area contributed by atoms with Crippen molar-refractivity contribution in [3.63, 3.8) is 0 Å². The topological polar surface area (TPSA) is 33.7 Å². The van der Waals surface area contributed by atoms with Gasteiger partial charge in [-0.15, -0.1) is 0 Å². The molecule has 0 bridgehead atoms. The number of hydrogen-bond acceptors (Lipinski definition) is 3. The molecule has 1 atom stereocenters. The fourth-order valence-corrected chi connectivity index (χ4v) is 8.48. The summed E-state index contributed by atoms with van der Waals surface area (Å²) in [5.74, 6) is 0.857. The van der Waals surface area contributed by atoms with Gasteiger partial charge in [0.2, 0.25) is 0 Å². The van der Waals surface area contributed by atoms with Crippen LogP contribution in [0.1, 0.15) is 22.7 Å². The summed E-state index contributed by atoms with van der Waals surface area (Å²) in [6.45, 7) is 6.24. The van der Waals surface area contributed by atoms with E-state index < -0.39 is 6.19 Å². The number of nitrogens with zero attached hydrogens (tertiary/aromatic N) is 3. The Morgan fingerprint density at radius 2 is 1.43 bits per heavy atom. The SMILES string of the molecule is Cc1ccc(P2(=S)c3c(c(C)n(-c4ccccc4)c3C)C=NN2c2ccccc2)o1. The number of hydrogen-bond donors (Lipinski definition) is 0. The Hall–Kier alpha value is -2.88. The molecule has 4 aromatic rings. The van der Waals surface area contributed by atoms with E-state index in [1.54, 1.807) is 0 Å². The standard InChI is InChI=1S/C24H22N3OPS/c1-17-14-15-23(28-17)29(30)24-19(3)26(20-10-6-4-7-11-20)18(2)22(24)16-25-27(29)21-12-8-5-9-13-21/h4-16H,1-3H3. The van der Waals surface area contributed by atoms with Crippen molar-refractivity contribution in [3.05, 3.63) is 95.5 Å². The smallest absolute Gasteiger partial charge is 0.161 e. The average Bonchev–Trinajstić information content (AvgIpc) is 3.31. The minimum atomic E-state index is -2.55. The first-order chi connectivity index (χ1) is 14.5. The second kappa shape index (κ2) is 7.12. The summed E-state index contributed by atoms with van der Waals surface area (Å²) in [7, 11) is 0. The number of benzene rings is 2. The molecule has 6 heteroatoms. The van der Waals surface area contributed by atoms with Crippen molar-refractivity contribution in [1.29, 1.82) is 0 Å². The number of aryl methyl sites for hydroxylation is 1. The molecule has 2 aromatic heterocycles. The molecule has 150 valence electrons. The van der Waals surface area contributed by atoms with Crippen molar-refractivity contribution >= 4 is 40.7 Å². The van der Waals surface area contributed by atoms with Crippen LogP contribution in [0, 0.1) is 20.8 Å². The predicted octanol–water partition coefficient (Wildman–Crippen LogP) is 5.19. The molecular formula is C24H22N3OPS. The van der Waals surface area contributed by atoms with E-state index in [1.807, 2.05) is 54.3 Å². The monoisotopic (exact) mass is 431 g/mol. The highest BCUT2D eigenvalue weighted by atomic mass is 32.4. The van der Waals surface area contributed by atoms with E-state index in [2.05, 4.69) is 54.8 Å². The van der Waals surface area contributed by atoms with Crippen LogP contribution in [0.4, 0.5) is 5.69 Å². The zero-order chi connectivity index (χ0) is 20.9. The fraction of sp³-hybridized carbons (Fsp3) is 0.125. The van der Waals surface area contributed by atoms with Gasteiger partial charge in [-0.1, -0.05) is 48.2 Å². The van der Waals surface area contributed by atoms with Gasteiger partial charge in [0.15, 0.2) is 11.7 Å². The lowest BCUT2D eigenvalue weighted by Gasteiger charge is -2.34. The van der Waals surface area contributed by atoms with Crippen LogP contribution in [0.15, 0.2) is 82.3 Å². The van der Waals surface area contributed by atoms with Crippen molar-refractivity contribution < 1.29 is 4.42 Å². The maximum atomic E-state index is 6.52. The number of para-hydroxylation sites is 2. The van der Waals surface area contributed by atoms with E-state index in [0.717, 1.165) is 44.9 Å². The van der Waals surface area contributed by atoms with E-state index in [4.69, 9.17) is 21.3 Å². The maximum absolute atomic E-state index is 6.52. The van der Waals surface area contributed by atoms with Crippen molar-refractivity contribution in [2.24, 2.45) is 5.10 Å². The van der Waals surface area contributed by atoms with Crippen molar-refractivity contribution in [2.45, 2.75) is 20.8 Å². The molecule has 1 unspecified atom stereocenters. The first kappa shape index (κ1) is 19.1. The third-order valence-corrected chi connectivity index (χ3v) is 9.98. The lowest BCUT2D eigenvalue weighted by molar-refractivity contribution is 0.566. The second-order valence-electron chi connectivity index (χ2n) is 7.43. The van der Waals surface area contributed by atoms with Gasteiger partial charge in [0.1, 0.15) is 5.76 Å². The van der Waals surface area contributed by atoms with E-state index in [1.165, 1.54) is 0 Å². The number of rotatable bonds is 3. The van der Waals surface area contributed by atoms with Gasteiger partial charge in [0.25, 0.3) is 0 Å². The van der Waals surface area contributed by atoms with Crippen molar-refractivity contribution in [2.75, 3.05) is 4.78 Å². The summed E-state index contributed by atoms with van der Waals surface area (Å²) < 4.78 is 10.4. The molecule has 0 saturated heterocycles. The molecule has 3 heterocycles. The number of furan rings is 1. The molecule has 1 aliphatic heterocycles. The van der Waals surface area contributed by atoms with Crippen LogP contribution in [-0.2, 0) is 11.8 Å². The highest BCUT2D eigenvalue weighted by Gasteiger charge is 2.41. The summed E-state index contributed by atoms with van der Waals surface area (Å²) >= 11 is 6.52. The van der Waals surface area contributed by atoms with Crippen LogP contribution in [0.25, 0.3) is 5.69 Å². The third kappa shape index (κ3) is 2.73. The zero-order valence-electron chi connectivity index (χ0n) is 17.1. The number of anilines is 1. The lowest BCUT2D eigenvalue weighted by atomic mass is 10.2. The average molecular weight is 432 g/mol. The van der Waals surface area contributed by atoms with Crippen molar-refractivity contribution in [1.82, 2.24) is 4.57 Å². The van der Waals surface area contributed by atoms with Gasteiger partial charge in [-0.3, -0.25) is 0 Å². The Bertz CT molecular complexity index is 1310. The van der Waals surface area contributed by atoms with Gasteiger partial charge in [0.05, 0.1) is 11.9 Å². The van der Waals surface area contributed by atoms with Gasteiger partial charge >= 0.3 is 0 Å². The van der Waals surface area contributed by atoms with Crippen LogP contribution >= 0.6 is 6.19 Å². The molecule has 0 radical (unpaired) electrons. The molecule has 2 aromatic carbocycles. The Morgan fingerprint density at radius 1 is 0.800 bits per heavy atom. The van der Waals surface area contributed by atoms with Crippen LogP contribution in [0.5, 0.6) is 0 Å². The summed E-state index contributed by atoms with van der Waals surface area (Å²) in [6, 6.07) is 24.5. The molecule has 0 amide bonds. The van der Waals surface area contributed by atoms with E-state index in [0.29, 0.717) is 0 Å². The highest BCUT2D eigenvalue weighted by molar-refractivity contribution is 8.22. The lowest BCUT2D eigenvalue weighted by Crippen LogP contribution is -2.33. The summed E-state index contributed by atoms with van der Waals surface area (Å²) in [5, 5.41) is 6.01. The third-order valence-electron chi connectivity index (χ3n) is 5.55. The van der Waals surface area contributed by atoms with Gasteiger partial charge in [-0.25, -0.2) is 4.78 Å². The van der Waals surface area contributed by atoms with E-state index >= 15 is 0 Å². The van der Waals surface area contributed by atoms with Gasteiger partial charge < -0.3 is 8.98 Å². The minimum Gasteiger partial charge on any atom is -0.459 e. The molecule has 30 heavy (non-hydrogen) atoms. The fourth-order valence-electron chi connectivity index (χ4n) is 4.20. The summed E-state index contributed by atoms with van der Waals surface area (Å²) in [4.78, 5) is 0. The molecule has 0 fully saturated rings. The minimum absolute atomic E-state index is 0.810.